The summed E-state index contributed by atoms with van der Waals surface area (Å²) < 4.78 is 22.0. The largest absolute Gasteiger partial charge is 0.507 e. The number of ether oxygens (including phenoxy) is 4. The SMILES string of the molecule is CO[C@H]1[C@H](O)[C@@H](O)[C@@H](Oc2cc(O)c3c(O)c4c(cc3c2)O[C@@H](C)[C@H](C)C4=O)O[C@@H]1CO. The van der Waals surface area contributed by atoms with Gasteiger partial charge >= 0.3 is 0 Å². The highest BCUT2D eigenvalue weighted by atomic mass is 16.7. The van der Waals surface area contributed by atoms with Gasteiger partial charge in [0.15, 0.2) is 5.78 Å². The Morgan fingerprint density at radius 2 is 1.81 bits per heavy atom. The van der Waals surface area contributed by atoms with Gasteiger partial charge in [-0.3, -0.25) is 4.79 Å². The van der Waals surface area contributed by atoms with Crippen molar-refractivity contribution in [3.63, 3.8) is 0 Å². The van der Waals surface area contributed by atoms with Crippen LogP contribution in [0.4, 0.5) is 0 Å². The molecule has 0 saturated carbocycles. The van der Waals surface area contributed by atoms with E-state index in [1.807, 2.05) is 0 Å². The summed E-state index contributed by atoms with van der Waals surface area (Å²) in [7, 11) is 1.32. The van der Waals surface area contributed by atoms with Gasteiger partial charge in [-0.25, -0.2) is 0 Å². The molecule has 0 aromatic heterocycles. The molecule has 2 aliphatic rings. The number of methoxy groups -OCH3 is 1. The molecule has 2 heterocycles. The maximum atomic E-state index is 12.7. The van der Waals surface area contributed by atoms with E-state index in [2.05, 4.69) is 0 Å². The van der Waals surface area contributed by atoms with E-state index < -0.39 is 55.1 Å². The third kappa shape index (κ3) is 3.54. The van der Waals surface area contributed by atoms with Gasteiger partial charge in [0.1, 0.15) is 59.1 Å². The van der Waals surface area contributed by atoms with Gasteiger partial charge in [-0.15, -0.1) is 0 Å². The normalized spacial score (nSPS) is 32.4. The molecule has 1 fully saturated rings. The summed E-state index contributed by atoms with van der Waals surface area (Å²) in [5.74, 6) is -1.25. The lowest BCUT2D eigenvalue weighted by molar-refractivity contribution is -0.281. The standard InChI is InChI=1S/C22H26O10/c1-8-9(2)30-13-5-10-4-11(6-12(24)15(10)18(26)16(13)17(8)25)31-22-20(28)19(27)21(29-3)14(7-23)32-22/h4-6,8-9,14,19-24,26-28H,7H2,1-3H3/t8-,9-,14+,19+,20+,21+,22-/m0/s1. The Labute approximate surface area is 183 Å². The van der Waals surface area contributed by atoms with Crippen molar-refractivity contribution in [1.82, 2.24) is 0 Å². The quantitative estimate of drug-likeness (QED) is 0.449. The lowest BCUT2D eigenvalue weighted by Gasteiger charge is -2.41. The third-order valence-electron chi connectivity index (χ3n) is 6.15. The van der Waals surface area contributed by atoms with E-state index in [-0.39, 0.29) is 34.0 Å². The van der Waals surface area contributed by atoms with Gasteiger partial charge in [-0.1, -0.05) is 6.92 Å². The van der Waals surface area contributed by atoms with Gasteiger partial charge < -0.3 is 44.5 Å². The minimum atomic E-state index is -1.50. The van der Waals surface area contributed by atoms with Crippen LogP contribution in [0.2, 0.25) is 0 Å². The molecule has 5 N–H and O–H groups in total. The molecule has 0 radical (unpaired) electrons. The first-order chi connectivity index (χ1) is 15.2. The first kappa shape index (κ1) is 22.6. The number of fused-ring (bicyclic) bond motifs is 2. The minimum absolute atomic E-state index is 0.0117. The van der Waals surface area contributed by atoms with Crippen LogP contribution in [0.5, 0.6) is 23.0 Å². The molecule has 32 heavy (non-hydrogen) atoms. The van der Waals surface area contributed by atoms with Gasteiger partial charge in [-0.2, -0.15) is 0 Å². The van der Waals surface area contributed by atoms with E-state index >= 15 is 0 Å². The van der Waals surface area contributed by atoms with Crippen LogP contribution in [0.25, 0.3) is 10.8 Å². The topological polar surface area (TPSA) is 155 Å². The number of carbonyl (C=O) groups excluding carboxylic acids is 1. The van der Waals surface area contributed by atoms with E-state index in [0.717, 1.165) is 0 Å². The molecule has 0 amide bonds. The summed E-state index contributed by atoms with van der Waals surface area (Å²) in [6.07, 6.45) is -6.55. The summed E-state index contributed by atoms with van der Waals surface area (Å²) in [4.78, 5) is 12.7. The summed E-state index contributed by atoms with van der Waals surface area (Å²) in [6.45, 7) is 2.98. The molecular weight excluding hydrogens is 424 g/mol. The van der Waals surface area contributed by atoms with Crippen molar-refractivity contribution in [2.45, 2.75) is 50.7 Å². The van der Waals surface area contributed by atoms with Crippen molar-refractivity contribution < 1.29 is 49.3 Å². The number of aliphatic hydroxyl groups excluding tert-OH is 3. The highest BCUT2D eigenvalue weighted by Crippen LogP contribution is 2.46. The second-order valence-electron chi connectivity index (χ2n) is 8.14. The Bertz CT molecular complexity index is 1040. The van der Waals surface area contributed by atoms with Crippen molar-refractivity contribution in [1.29, 1.82) is 0 Å². The summed E-state index contributed by atoms with van der Waals surface area (Å²) in [5, 5.41) is 51.8. The van der Waals surface area contributed by atoms with E-state index in [4.69, 9.17) is 18.9 Å². The number of Topliss-reactive ketones (excluding diaryl/α,β-unsaturated/α-hetero) is 1. The summed E-state index contributed by atoms with van der Waals surface area (Å²) >= 11 is 0. The van der Waals surface area contributed by atoms with Gasteiger partial charge in [0.25, 0.3) is 0 Å². The zero-order valence-electron chi connectivity index (χ0n) is 17.8. The molecular formula is C22H26O10. The highest BCUT2D eigenvalue weighted by molar-refractivity contribution is 6.10. The van der Waals surface area contributed by atoms with Gasteiger partial charge in [0.2, 0.25) is 6.29 Å². The molecule has 10 heteroatoms. The molecule has 0 aliphatic carbocycles. The smallest absolute Gasteiger partial charge is 0.229 e. The predicted molar refractivity (Wildman–Crippen MR) is 110 cm³/mol. The average Bonchev–Trinajstić information content (AvgIpc) is 2.74. The number of ketones is 1. The summed E-state index contributed by atoms with van der Waals surface area (Å²) in [5.41, 5.74) is 0.0117. The van der Waals surface area contributed by atoms with Crippen LogP contribution < -0.4 is 9.47 Å². The molecule has 0 spiro atoms. The number of hydrogen-bond donors (Lipinski definition) is 5. The first-order valence-corrected chi connectivity index (χ1v) is 10.2. The Kier molecular flexibility index (Phi) is 5.91. The average molecular weight is 450 g/mol. The number of aromatic hydroxyl groups is 2. The van der Waals surface area contributed by atoms with Crippen LogP contribution in [0.3, 0.4) is 0 Å². The van der Waals surface area contributed by atoms with Crippen LogP contribution in [-0.2, 0) is 9.47 Å². The zero-order chi connectivity index (χ0) is 23.3. The number of carbonyl (C=O) groups is 1. The fourth-order valence-corrected chi connectivity index (χ4v) is 4.17. The van der Waals surface area contributed by atoms with E-state index in [9.17, 15) is 30.3 Å². The number of phenolic OH excluding ortho intramolecular Hbond substituents is 2. The van der Waals surface area contributed by atoms with Crippen molar-refractivity contribution in [2.75, 3.05) is 13.7 Å². The van der Waals surface area contributed by atoms with Gasteiger partial charge in [0.05, 0.1) is 17.9 Å². The van der Waals surface area contributed by atoms with Crippen LogP contribution in [0.1, 0.15) is 24.2 Å². The molecule has 2 aromatic rings. The number of phenols is 2. The van der Waals surface area contributed by atoms with Gasteiger partial charge in [0, 0.05) is 13.2 Å². The Morgan fingerprint density at radius 3 is 2.47 bits per heavy atom. The van der Waals surface area contributed by atoms with Crippen molar-refractivity contribution >= 4 is 16.6 Å². The first-order valence-electron chi connectivity index (χ1n) is 10.2. The van der Waals surface area contributed by atoms with E-state index in [1.165, 1.54) is 25.3 Å². The van der Waals surface area contributed by atoms with Crippen LogP contribution in [0, 0.1) is 5.92 Å². The number of rotatable bonds is 4. The number of aliphatic hydroxyl groups is 3. The van der Waals surface area contributed by atoms with E-state index in [0.29, 0.717) is 5.39 Å². The van der Waals surface area contributed by atoms with E-state index in [1.54, 1.807) is 13.8 Å². The van der Waals surface area contributed by atoms with Crippen molar-refractivity contribution in [2.24, 2.45) is 5.92 Å². The Hall–Kier alpha value is -2.63. The zero-order valence-corrected chi connectivity index (χ0v) is 17.8. The van der Waals surface area contributed by atoms with Crippen LogP contribution in [0.15, 0.2) is 18.2 Å². The maximum Gasteiger partial charge on any atom is 0.229 e. The minimum Gasteiger partial charge on any atom is -0.507 e. The molecule has 2 aliphatic heterocycles. The molecule has 10 nitrogen and oxygen atoms in total. The highest BCUT2D eigenvalue weighted by Gasteiger charge is 2.46. The maximum absolute atomic E-state index is 12.7. The molecule has 1 saturated heterocycles. The monoisotopic (exact) mass is 450 g/mol. The lowest BCUT2D eigenvalue weighted by atomic mass is 9.89. The Balaban J connectivity index is 1.70. The van der Waals surface area contributed by atoms with Crippen LogP contribution >= 0.6 is 0 Å². The fourth-order valence-electron chi connectivity index (χ4n) is 4.17. The summed E-state index contributed by atoms with van der Waals surface area (Å²) in [6, 6.07) is 4.17. The predicted octanol–water partition coefficient (Wildman–Crippen LogP) is 0.683. The lowest BCUT2D eigenvalue weighted by Crippen LogP contribution is -2.60. The molecule has 4 rings (SSSR count). The molecule has 0 bridgehead atoms. The Morgan fingerprint density at radius 1 is 1.09 bits per heavy atom. The molecule has 0 unspecified atom stereocenters. The molecule has 2 aromatic carbocycles. The molecule has 7 atom stereocenters. The second-order valence-corrected chi connectivity index (χ2v) is 8.14. The van der Waals surface area contributed by atoms with Crippen molar-refractivity contribution in [3.8, 4) is 23.0 Å². The number of hydrogen-bond acceptors (Lipinski definition) is 10. The van der Waals surface area contributed by atoms with Gasteiger partial charge in [-0.05, 0) is 24.4 Å². The number of benzene rings is 2. The third-order valence-corrected chi connectivity index (χ3v) is 6.15. The second kappa shape index (κ2) is 8.38. The molecule has 174 valence electrons. The van der Waals surface area contributed by atoms with Crippen molar-refractivity contribution in [3.05, 3.63) is 23.8 Å². The fraction of sp³-hybridized carbons (Fsp3) is 0.500. The van der Waals surface area contributed by atoms with Crippen LogP contribution in [-0.4, -0.2) is 81.8 Å².